The summed E-state index contributed by atoms with van der Waals surface area (Å²) in [6.45, 7) is 33.8. The molecule has 0 aromatic rings. The molecule has 8 atom stereocenters. The van der Waals surface area contributed by atoms with Crippen molar-refractivity contribution in [3.8, 4) is 0 Å². The Morgan fingerprint density at radius 2 is 0.809 bits per heavy atom. The molecule has 9 rings (SSSR count). The molecule has 8 aliphatic heterocycles. The average Bonchev–Trinajstić information content (AvgIpc) is 1.68. The molecule has 131 heavy (non-hydrogen) atoms. The van der Waals surface area contributed by atoms with Crippen LogP contribution in [0.4, 0.5) is 4.79 Å². The van der Waals surface area contributed by atoms with Crippen molar-refractivity contribution in [3.05, 3.63) is 0 Å². The van der Waals surface area contributed by atoms with Gasteiger partial charge >= 0.3 is 95.7 Å². The summed E-state index contributed by atoms with van der Waals surface area (Å²) in [4.78, 5) is 195. The molecule has 40 nitrogen and oxygen atoms in total. The third-order valence-corrected chi connectivity index (χ3v) is 17.5. The van der Waals surface area contributed by atoms with Crippen LogP contribution in [0.3, 0.4) is 0 Å². The van der Waals surface area contributed by atoms with Crippen molar-refractivity contribution in [1.29, 1.82) is 0 Å². The lowest BCUT2D eigenvalue weighted by atomic mass is 9.90. The predicted molar refractivity (Wildman–Crippen MR) is 461 cm³/mol. The highest BCUT2D eigenvalue weighted by atomic mass is 16.8. The third kappa shape index (κ3) is 69.1. The van der Waals surface area contributed by atoms with Crippen LogP contribution in [0, 0.1) is 5.41 Å². The number of methoxy groups -OCH3 is 1. The molecule has 8 heterocycles. The molecular formula is C91H150O40. The molecule has 0 bridgehead atoms. The molecule has 9 aliphatic rings. The maximum atomic E-state index is 11.2. The summed E-state index contributed by atoms with van der Waals surface area (Å²) in [6.07, 6.45) is 16.4. The zero-order valence-corrected chi connectivity index (χ0v) is 80.3. The maximum Gasteiger partial charge on any atom is 0.508 e. The molecule has 40 heteroatoms. The fraction of sp³-hybridized carbons (Fsp3) is 0.802. The van der Waals surface area contributed by atoms with Gasteiger partial charge in [-0.25, -0.2) is 14.4 Å². The Hall–Kier alpha value is -9.54. The zero-order valence-electron chi connectivity index (χ0n) is 80.3. The summed E-state index contributed by atoms with van der Waals surface area (Å²) in [5, 5.41) is 0. The zero-order chi connectivity index (χ0) is 99.0. The van der Waals surface area contributed by atoms with E-state index in [4.69, 9.17) is 75.8 Å². The smallest absolute Gasteiger partial charge is 0.465 e. The number of ketones is 2. The van der Waals surface area contributed by atoms with Gasteiger partial charge in [0.2, 0.25) is 24.8 Å². The molecule has 0 spiro atoms. The first kappa shape index (κ1) is 124. The molecular weight excluding hydrogens is 1730 g/mol. The summed E-state index contributed by atoms with van der Waals surface area (Å²) in [5.74, 6) is -4.24. The minimum absolute atomic E-state index is 0.00301. The van der Waals surface area contributed by atoms with Crippen LogP contribution in [-0.4, -0.2) is 255 Å². The summed E-state index contributed by atoms with van der Waals surface area (Å²) in [5.41, 5.74) is -0.402. The summed E-state index contributed by atoms with van der Waals surface area (Å²) in [7, 11) is 1.49. The van der Waals surface area contributed by atoms with E-state index in [1.165, 1.54) is 14.0 Å². The van der Waals surface area contributed by atoms with Gasteiger partial charge in [0.05, 0.1) is 45.9 Å². The Balaban J connectivity index is 0. The Morgan fingerprint density at radius 3 is 1.20 bits per heavy atom. The minimum atomic E-state index is -0.735. The molecule has 0 radical (unpaired) electrons. The second kappa shape index (κ2) is 75.9. The van der Waals surface area contributed by atoms with Gasteiger partial charge in [0.1, 0.15) is 69.8 Å². The van der Waals surface area contributed by atoms with Crippen LogP contribution in [0.2, 0.25) is 0 Å². The van der Waals surface area contributed by atoms with Gasteiger partial charge in [-0.05, 0) is 111 Å². The Kier molecular flexibility index (Phi) is 71.6. The number of cyclic esters (lactones) is 6. The normalized spacial score (nSPS) is 20.4. The maximum absolute atomic E-state index is 11.2. The predicted octanol–water partition coefficient (Wildman–Crippen LogP) is 12.2. The van der Waals surface area contributed by atoms with E-state index < -0.39 is 53.9 Å². The number of Topliss-reactive ketones (excluding diaryl/α,β-unsaturated/α-hetero) is 2. The highest BCUT2D eigenvalue weighted by Crippen LogP contribution is 2.32. The van der Waals surface area contributed by atoms with Gasteiger partial charge in [0.15, 0.2) is 24.5 Å². The van der Waals surface area contributed by atoms with Crippen molar-refractivity contribution in [2.45, 2.75) is 384 Å². The fourth-order valence-corrected chi connectivity index (χ4v) is 10.8. The number of ether oxygens (including phenoxy) is 22. The van der Waals surface area contributed by atoms with E-state index in [-0.39, 0.29) is 147 Å². The molecule has 9 fully saturated rings. The van der Waals surface area contributed by atoms with Gasteiger partial charge in [-0.2, -0.15) is 0 Å². The highest BCUT2D eigenvalue weighted by Gasteiger charge is 2.46. The number of hydrogen-bond donors (Lipinski definition) is 0. The largest absolute Gasteiger partial charge is 0.508 e. The lowest BCUT2D eigenvalue weighted by Crippen LogP contribution is -2.34. The van der Waals surface area contributed by atoms with Crippen molar-refractivity contribution in [3.63, 3.8) is 0 Å². The molecule has 754 valence electrons. The van der Waals surface area contributed by atoms with Crippen LogP contribution in [0.15, 0.2) is 0 Å². The van der Waals surface area contributed by atoms with E-state index >= 15 is 0 Å². The van der Waals surface area contributed by atoms with Crippen molar-refractivity contribution < 1.29 is 191 Å². The average molecular weight is 1880 g/mol. The molecule has 0 N–H and O–H groups in total. The van der Waals surface area contributed by atoms with Crippen molar-refractivity contribution in [2.24, 2.45) is 5.41 Å². The van der Waals surface area contributed by atoms with E-state index in [1.54, 1.807) is 0 Å². The lowest BCUT2D eigenvalue weighted by Gasteiger charge is -2.21. The molecule has 8 unspecified atom stereocenters. The van der Waals surface area contributed by atoms with E-state index in [0.29, 0.717) is 167 Å². The van der Waals surface area contributed by atoms with Crippen LogP contribution >= 0.6 is 0 Å². The highest BCUT2D eigenvalue weighted by molar-refractivity contribution is 5.83. The Morgan fingerprint density at radius 1 is 0.374 bits per heavy atom. The third-order valence-electron chi connectivity index (χ3n) is 17.5. The van der Waals surface area contributed by atoms with Crippen LogP contribution in [-0.2, 0) is 186 Å². The lowest BCUT2D eigenvalue weighted by molar-refractivity contribution is -0.177. The van der Waals surface area contributed by atoms with Crippen molar-refractivity contribution in [2.75, 3.05) is 86.6 Å². The van der Waals surface area contributed by atoms with E-state index in [0.717, 1.165) is 96.7 Å². The van der Waals surface area contributed by atoms with E-state index in [2.05, 4.69) is 28.4 Å². The summed E-state index contributed by atoms with van der Waals surface area (Å²) in [6, 6.07) is 0. The van der Waals surface area contributed by atoms with Crippen molar-refractivity contribution >= 4 is 107 Å². The topological polar surface area (TPSA) is 514 Å². The van der Waals surface area contributed by atoms with Crippen molar-refractivity contribution in [1.82, 2.24) is 0 Å². The second-order valence-corrected chi connectivity index (χ2v) is 31.6. The second-order valence-electron chi connectivity index (χ2n) is 31.6. The Bertz CT molecular complexity index is 3330. The van der Waals surface area contributed by atoms with Crippen LogP contribution in [0.1, 0.15) is 323 Å². The fourth-order valence-electron chi connectivity index (χ4n) is 10.8. The quantitative estimate of drug-likeness (QED) is 0.0240. The minimum Gasteiger partial charge on any atom is -0.465 e. The molecule has 0 aromatic heterocycles. The number of carbonyl (C=O) groups is 18. The standard InChI is InChI=1S/C10H18O4.C10H16O4.C10H16O3.C9H14O4.C8H12O5.2C8H12O4.C8H14O3.2C7H12O3.C6H12O3/c1-4-5-9(11)12-6-8-7-13-10(2,3)14-8;1-4-5-7(11)14-8-9(12)13-6-10(8,2)3;1-2-3-10(12)13-9-6-4-8(11)5-7-9;1-2-3-8(10)13-7-4-5-12-9(11)6-7;1-2-3-7(9)11-4-6-5-12-8(10)13-6;1-2-3-7(9)12-6-4-5-11-8(6)10;1-2-3-6(9)11-8-5-4-7(10)12-8;1-2-4-7(9)11-8-5-3-6-10-8;1-2-3-7(8)10-5-6-4-9-6;1-3-4-7(9)10-5-6(2)8;1-3-4-6(7)9-5-8-2/h8H,4-7H2,1-3H3;8H,4-6H2,1-3H3;9H,2-7H2,1H3;7H,2-6H2,1H3;6H,2-5H2,1H3;6H,2-5H2,1H3;8H,2-5H2,1H3;8H,2-6H2,1H3;6H,2-5H2,1H3;3-5H2,1-2H3;3-5H2,1-2H3. The summed E-state index contributed by atoms with van der Waals surface area (Å²) < 4.78 is 107. The van der Waals surface area contributed by atoms with E-state index in [1.807, 2.05) is 104 Å². The number of esters is 15. The van der Waals surface area contributed by atoms with Gasteiger partial charge < -0.3 is 104 Å². The first-order valence-corrected chi connectivity index (χ1v) is 45.8. The van der Waals surface area contributed by atoms with E-state index in [9.17, 15) is 86.3 Å². The first-order chi connectivity index (χ1) is 62.2. The number of rotatable bonds is 38. The number of carbonyl (C=O) groups excluding carboxylic acids is 18. The number of epoxide rings is 1. The number of hydrogen-bond acceptors (Lipinski definition) is 40. The van der Waals surface area contributed by atoms with Gasteiger partial charge in [-0.15, -0.1) is 0 Å². The molecule has 8 saturated heterocycles. The molecule has 1 saturated carbocycles. The first-order valence-electron chi connectivity index (χ1n) is 45.8. The van der Waals surface area contributed by atoms with Gasteiger partial charge in [0, 0.05) is 122 Å². The summed E-state index contributed by atoms with van der Waals surface area (Å²) >= 11 is 0. The van der Waals surface area contributed by atoms with Gasteiger partial charge in [-0.1, -0.05) is 90.0 Å². The molecule has 1 aliphatic carbocycles. The van der Waals surface area contributed by atoms with Gasteiger partial charge in [-0.3, -0.25) is 71.9 Å². The Labute approximate surface area is 770 Å². The van der Waals surface area contributed by atoms with Crippen LogP contribution in [0.25, 0.3) is 0 Å². The monoisotopic (exact) mass is 1880 g/mol. The van der Waals surface area contributed by atoms with Crippen LogP contribution < -0.4 is 0 Å². The van der Waals surface area contributed by atoms with Gasteiger partial charge in [0.25, 0.3) is 0 Å². The molecule has 0 aromatic carbocycles. The van der Waals surface area contributed by atoms with Crippen LogP contribution in [0.5, 0.6) is 0 Å². The molecule has 0 amide bonds. The SMILES string of the molecule is CCCC(=O)OC1C(=O)OCC1(C)C.CCCC(=O)OC1CCC(=O)CC1.CCCC(=O)OC1CCC(=O)O1.CCCC(=O)OC1CCCO1.CCCC(=O)OC1CCOC(=O)C1.CCCC(=O)OC1CCOC1=O.CCCC(=O)OCC(C)=O.CCCC(=O)OCC1CO1.CCCC(=O)OCC1COC(=O)O1.CCCC(=O)OCC1COC(C)(C)O1.CCCC(=O)OCOC.